The summed E-state index contributed by atoms with van der Waals surface area (Å²) in [4.78, 5) is 16.5. The van der Waals surface area contributed by atoms with E-state index in [0.717, 1.165) is 36.8 Å². The average molecular weight is 255 g/mol. The Labute approximate surface area is 112 Å². The molecule has 3 rings (SSSR count). The smallest absolute Gasteiger partial charge is 0.164 e. The van der Waals surface area contributed by atoms with Gasteiger partial charge >= 0.3 is 0 Å². The number of aromatic nitrogens is 1. The van der Waals surface area contributed by atoms with Crippen molar-refractivity contribution in [3.05, 3.63) is 42.1 Å². The molecule has 1 aromatic heterocycles. The zero-order valence-corrected chi connectivity index (χ0v) is 10.8. The van der Waals surface area contributed by atoms with Gasteiger partial charge in [-0.15, -0.1) is 0 Å². The van der Waals surface area contributed by atoms with Crippen molar-refractivity contribution >= 4 is 16.7 Å². The minimum atomic E-state index is 0.161. The number of carbonyl (C=O) groups is 1. The summed E-state index contributed by atoms with van der Waals surface area (Å²) >= 11 is 0. The van der Waals surface area contributed by atoms with Crippen LogP contribution in [0.15, 0.2) is 36.5 Å². The molecular weight excluding hydrogens is 238 g/mol. The maximum absolute atomic E-state index is 12.1. The molecule has 0 N–H and O–H groups in total. The lowest BCUT2D eigenvalue weighted by Gasteiger charge is -2.08. The monoisotopic (exact) mass is 255 g/mol. The van der Waals surface area contributed by atoms with Gasteiger partial charge in [-0.3, -0.25) is 9.78 Å². The van der Waals surface area contributed by atoms with Crippen LogP contribution in [0.1, 0.15) is 36.0 Å². The van der Waals surface area contributed by atoms with Crippen molar-refractivity contribution in [2.45, 2.75) is 31.8 Å². The lowest BCUT2D eigenvalue weighted by Crippen LogP contribution is -2.09. The maximum atomic E-state index is 12.1. The van der Waals surface area contributed by atoms with Crippen molar-refractivity contribution in [3.63, 3.8) is 0 Å². The van der Waals surface area contributed by atoms with Crippen molar-refractivity contribution in [2.75, 3.05) is 6.61 Å². The molecule has 0 saturated carbocycles. The molecule has 3 heteroatoms. The molecule has 1 aromatic carbocycles. The molecule has 1 unspecified atom stereocenters. The molecule has 0 radical (unpaired) electrons. The number of nitrogens with zero attached hydrogens (tertiary/aromatic N) is 1. The predicted molar refractivity (Wildman–Crippen MR) is 74.3 cm³/mol. The molecular formula is C16H17NO2. The minimum absolute atomic E-state index is 0.161. The van der Waals surface area contributed by atoms with Crippen LogP contribution in [0.5, 0.6) is 0 Å². The number of hydrogen-bond donors (Lipinski definition) is 0. The highest BCUT2D eigenvalue weighted by Crippen LogP contribution is 2.19. The fraction of sp³-hybridized carbons (Fsp3) is 0.375. The van der Waals surface area contributed by atoms with E-state index in [1.807, 2.05) is 30.3 Å². The first-order valence-electron chi connectivity index (χ1n) is 6.82. The Morgan fingerprint density at radius 2 is 2.26 bits per heavy atom. The van der Waals surface area contributed by atoms with Crippen molar-refractivity contribution in [2.24, 2.45) is 0 Å². The Kier molecular flexibility index (Phi) is 3.56. The van der Waals surface area contributed by atoms with Crippen LogP contribution in [-0.4, -0.2) is 23.5 Å². The Hall–Kier alpha value is -1.74. The predicted octanol–water partition coefficient (Wildman–Crippen LogP) is 3.38. The van der Waals surface area contributed by atoms with Gasteiger partial charge in [0.2, 0.25) is 0 Å². The van der Waals surface area contributed by atoms with Gasteiger partial charge in [0.15, 0.2) is 5.78 Å². The molecule has 2 heterocycles. The van der Waals surface area contributed by atoms with Gasteiger partial charge < -0.3 is 4.74 Å². The van der Waals surface area contributed by atoms with E-state index < -0.39 is 0 Å². The van der Waals surface area contributed by atoms with E-state index in [1.54, 1.807) is 6.20 Å². The molecule has 19 heavy (non-hydrogen) atoms. The highest BCUT2D eigenvalue weighted by Gasteiger charge is 2.17. The van der Waals surface area contributed by atoms with Crippen LogP contribution in [0.4, 0.5) is 0 Å². The zero-order chi connectivity index (χ0) is 13.1. The summed E-state index contributed by atoms with van der Waals surface area (Å²) in [5, 5.41) is 1.02. The van der Waals surface area contributed by atoms with E-state index >= 15 is 0 Å². The van der Waals surface area contributed by atoms with E-state index in [1.165, 1.54) is 0 Å². The Balaban J connectivity index is 1.70. The number of ketones is 1. The number of Topliss-reactive ketones (excluding diaryl/α,β-unsaturated/α-hetero) is 1. The maximum Gasteiger partial charge on any atom is 0.164 e. The summed E-state index contributed by atoms with van der Waals surface area (Å²) in [7, 11) is 0. The third-order valence-electron chi connectivity index (χ3n) is 3.63. The van der Waals surface area contributed by atoms with Crippen molar-refractivity contribution in [1.82, 2.24) is 4.98 Å². The number of para-hydroxylation sites is 1. The molecule has 2 aromatic rings. The number of fused-ring (bicyclic) bond motifs is 1. The second kappa shape index (κ2) is 5.49. The Morgan fingerprint density at radius 1 is 1.37 bits per heavy atom. The Morgan fingerprint density at radius 3 is 3.11 bits per heavy atom. The molecule has 1 saturated heterocycles. The highest BCUT2D eigenvalue weighted by molar-refractivity contribution is 5.98. The van der Waals surface area contributed by atoms with E-state index in [9.17, 15) is 4.79 Å². The normalized spacial score (nSPS) is 18.8. The fourth-order valence-electron chi connectivity index (χ4n) is 2.53. The van der Waals surface area contributed by atoms with Crippen LogP contribution in [0, 0.1) is 0 Å². The van der Waals surface area contributed by atoms with Gasteiger partial charge in [0.1, 0.15) is 0 Å². The fourth-order valence-corrected chi connectivity index (χ4v) is 2.53. The van der Waals surface area contributed by atoms with Crippen LogP contribution in [0.3, 0.4) is 0 Å². The summed E-state index contributed by atoms with van der Waals surface area (Å²) in [6.07, 6.45) is 5.54. The average Bonchev–Trinajstić information content (AvgIpc) is 2.97. The molecule has 0 spiro atoms. The number of hydrogen-bond acceptors (Lipinski definition) is 3. The summed E-state index contributed by atoms with van der Waals surface area (Å²) in [6.45, 7) is 0.844. The second-order valence-corrected chi connectivity index (χ2v) is 5.01. The van der Waals surface area contributed by atoms with Gasteiger partial charge in [-0.2, -0.15) is 0 Å². The van der Waals surface area contributed by atoms with E-state index in [0.29, 0.717) is 12.0 Å². The lowest BCUT2D eigenvalue weighted by atomic mass is 10.0. The molecule has 1 atom stereocenters. The largest absolute Gasteiger partial charge is 0.378 e. The Bertz CT molecular complexity index is 588. The molecule has 0 aliphatic carbocycles. The van der Waals surface area contributed by atoms with Crippen LogP contribution in [-0.2, 0) is 4.74 Å². The first-order valence-corrected chi connectivity index (χ1v) is 6.82. The summed E-state index contributed by atoms with van der Waals surface area (Å²) in [6, 6.07) is 9.79. The zero-order valence-electron chi connectivity index (χ0n) is 10.8. The van der Waals surface area contributed by atoms with Gasteiger partial charge in [0, 0.05) is 30.2 Å². The highest BCUT2D eigenvalue weighted by atomic mass is 16.5. The minimum Gasteiger partial charge on any atom is -0.378 e. The molecule has 3 nitrogen and oxygen atoms in total. The number of pyridine rings is 1. The molecule has 0 bridgehead atoms. The topological polar surface area (TPSA) is 39.2 Å². The molecule has 1 aliphatic rings. The van der Waals surface area contributed by atoms with Gasteiger partial charge in [-0.05, 0) is 31.4 Å². The first-order chi connectivity index (χ1) is 9.33. The van der Waals surface area contributed by atoms with E-state index in [4.69, 9.17) is 4.74 Å². The number of benzene rings is 1. The number of ether oxygens (including phenoxy) is 1. The van der Waals surface area contributed by atoms with Gasteiger partial charge in [0.25, 0.3) is 0 Å². The van der Waals surface area contributed by atoms with Crippen LogP contribution in [0.2, 0.25) is 0 Å². The molecule has 1 aliphatic heterocycles. The standard InChI is InChI=1S/C16H17NO2/c18-16(8-7-14-5-3-9-19-14)13-10-12-4-1-2-6-15(12)17-11-13/h1-2,4,6,10-11,14H,3,5,7-9H2. The number of rotatable bonds is 4. The first kappa shape index (κ1) is 12.3. The van der Waals surface area contributed by atoms with Crippen LogP contribution >= 0.6 is 0 Å². The molecule has 0 amide bonds. The second-order valence-electron chi connectivity index (χ2n) is 5.01. The van der Waals surface area contributed by atoms with E-state index in [2.05, 4.69) is 4.98 Å². The summed E-state index contributed by atoms with van der Waals surface area (Å²) < 4.78 is 5.54. The molecule has 98 valence electrons. The van der Waals surface area contributed by atoms with Crippen LogP contribution < -0.4 is 0 Å². The van der Waals surface area contributed by atoms with E-state index in [-0.39, 0.29) is 11.9 Å². The van der Waals surface area contributed by atoms with Gasteiger partial charge in [0.05, 0.1) is 11.6 Å². The van der Waals surface area contributed by atoms with Crippen molar-refractivity contribution in [1.29, 1.82) is 0 Å². The van der Waals surface area contributed by atoms with Gasteiger partial charge in [-0.25, -0.2) is 0 Å². The van der Waals surface area contributed by atoms with Gasteiger partial charge in [-0.1, -0.05) is 18.2 Å². The summed E-state index contributed by atoms with van der Waals surface area (Å²) in [5.41, 5.74) is 1.63. The van der Waals surface area contributed by atoms with Crippen molar-refractivity contribution < 1.29 is 9.53 Å². The quantitative estimate of drug-likeness (QED) is 0.786. The van der Waals surface area contributed by atoms with Crippen molar-refractivity contribution in [3.8, 4) is 0 Å². The lowest BCUT2D eigenvalue weighted by molar-refractivity contribution is 0.0859. The number of carbonyl (C=O) groups excluding carboxylic acids is 1. The summed E-state index contributed by atoms with van der Waals surface area (Å²) in [5.74, 6) is 0.161. The van der Waals surface area contributed by atoms with Crippen LogP contribution in [0.25, 0.3) is 10.9 Å². The SMILES string of the molecule is O=C(CCC1CCCO1)c1cnc2ccccc2c1. The molecule has 1 fully saturated rings. The third-order valence-corrected chi connectivity index (χ3v) is 3.63. The third kappa shape index (κ3) is 2.82.